The van der Waals surface area contributed by atoms with Crippen molar-refractivity contribution in [2.75, 3.05) is 53.0 Å². The monoisotopic (exact) mass is 185 g/mol. The Bertz CT molecular complexity index is 145. The number of hydrogen-bond donors (Lipinski definition) is 0. The molecule has 0 N–H and O–H groups in total. The van der Waals surface area contributed by atoms with E-state index in [1.165, 1.54) is 0 Å². The minimum absolute atomic E-state index is 0.456. The van der Waals surface area contributed by atoms with Crippen LogP contribution in [0.3, 0.4) is 0 Å². The lowest BCUT2D eigenvalue weighted by Gasteiger charge is -2.33. The number of hydrogen-bond acceptors (Lipinski definition) is 4. The summed E-state index contributed by atoms with van der Waals surface area (Å²) in [7, 11) is 1.72. The van der Waals surface area contributed by atoms with E-state index in [4.69, 9.17) is 4.74 Å². The number of rotatable bonds is 5. The number of nitrogens with zero attached hydrogens (tertiary/aromatic N) is 2. The van der Waals surface area contributed by atoms with Crippen LogP contribution in [-0.2, 0) is 9.53 Å². The van der Waals surface area contributed by atoms with Crippen LogP contribution >= 0.6 is 0 Å². The predicted molar refractivity (Wildman–Crippen MR) is 50.4 cm³/mol. The van der Waals surface area contributed by atoms with Gasteiger partial charge in [-0.1, -0.05) is 0 Å². The van der Waals surface area contributed by atoms with Crippen LogP contribution in [0.25, 0.3) is 0 Å². The molecular weight excluding hydrogens is 168 g/mol. The summed E-state index contributed by atoms with van der Waals surface area (Å²) in [5.41, 5.74) is 0. The number of piperazine rings is 1. The fourth-order valence-electron chi connectivity index (χ4n) is 1.48. The molecule has 0 bridgehead atoms. The maximum absolute atomic E-state index is 10.1. The maximum Gasteiger partial charge on any atom is 0.213 e. The first-order valence-corrected chi connectivity index (χ1v) is 4.65. The molecule has 0 aromatic rings. The zero-order chi connectivity index (χ0) is 9.52. The molecule has 13 heavy (non-hydrogen) atoms. The SMILES string of the molecule is COCCN1CCN(C[C]=O)CC1. The summed E-state index contributed by atoms with van der Waals surface area (Å²) in [5, 5.41) is 0. The number of ether oxygens (including phenoxy) is 1. The average molecular weight is 185 g/mol. The summed E-state index contributed by atoms with van der Waals surface area (Å²) in [4.78, 5) is 14.6. The largest absolute Gasteiger partial charge is 0.383 e. The Morgan fingerprint density at radius 2 is 1.85 bits per heavy atom. The van der Waals surface area contributed by atoms with Crippen molar-refractivity contribution in [1.29, 1.82) is 0 Å². The topological polar surface area (TPSA) is 32.8 Å². The molecule has 1 aliphatic rings. The lowest BCUT2D eigenvalue weighted by molar-refractivity contribution is 0.104. The molecule has 0 aromatic heterocycles. The predicted octanol–water partition coefficient (Wildman–Crippen LogP) is -0.640. The molecule has 4 nitrogen and oxygen atoms in total. The fraction of sp³-hybridized carbons (Fsp3) is 0.889. The molecule has 75 valence electrons. The average Bonchev–Trinajstić information content (AvgIpc) is 2.17. The van der Waals surface area contributed by atoms with Gasteiger partial charge < -0.3 is 4.74 Å². The third kappa shape index (κ3) is 3.85. The Labute approximate surface area is 79.4 Å². The van der Waals surface area contributed by atoms with Crippen molar-refractivity contribution in [1.82, 2.24) is 9.80 Å². The molecule has 1 radical (unpaired) electrons. The zero-order valence-electron chi connectivity index (χ0n) is 8.16. The Balaban J connectivity index is 2.11. The zero-order valence-corrected chi connectivity index (χ0v) is 8.16. The molecule has 0 atom stereocenters. The van der Waals surface area contributed by atoms with Gasteiger partial charge >= 0.3 is 0 Å². The second kappa shape index (κ2) is 6.07. The van der Waals surface area contributed by atoms with E-state index >= 15 is 0 Å². The first kappa shape index (κ1) is 10.6. The van der Waals surface area contributed by atoms with Crippen LogP contribution in [0.2, 0.25) is 0 Å². The van der Waals surface area contributed by atoms with Crippen LogP contribution in [0.4, 0.5) is 0 Å². The van der Waals surface area contributed by atoms with Crippen LogP contribution in [0.5, 0.6) is 0 Å². The van der Waals surface area contributed by atoms with Crippen molar-refractivity contribution in [3.63, 3.8) is 0 Å². The molecule has 1 heterocycles. The van der Waals surface area contributed by atoms with Gasteiger partial charge in [-0.15, -0.1) is 0 Å². The third-order valence-corrected chi connectivity index (χ3v) is 2.36. The van der Waals surface area contributed by atoms with Crippen molar-refractivity contribution < 1.29 is 9.53 Å². The second-order valence-corrected chi connectivity index (χ2v) is 3.25. The molecule has 1 fully saturated rings. The van der Waals surface area contributed by atoms with Crippen molar-refractivity contribution >= 4 is 6.29 Å². The highest BCUT2D eigenvalue weighted by Gasteiger charge is 2.15. The molecule has 0 aliphatic carbocycles. The van der Waals surface area contributed by atoms with Gasteiger partial charge in [-0.25, -0.2) is 0 Å². The molecule has 4 heteroatoms. The maximum atomic E-state index is 10.1. The molecule has 1 saturated heterocycles. The van der Waals surface area contributed by atoms with E-state index in [1.807, 2.05) is 6.29 Å². The Kier molecular flexibility index (Phi) is 4.97. The van der Waals surface area contributed by atoms with Crippen LogP contribution in [-0.4, -0.2) is 69.1 Å². The Hall–Kier alpha value is -0.450. The normalized spacial score (nSPS) is 20.4. The minimum atomic E-state index is 0.456. The van der Waals surface area contributed by atoms with E-state index < -0.39 is 0 Å². The van der Waals surface area contributed by atoms with Gasteiger partial charge in [0, 0.05) is 39.8 Å². The molecular formula is C9H17N2O2. The minimum Gasteiger partial charge on any atom is -0.383 e. The molecule has 0 saturated carbocycles. The van der Waals surface area contributed by atoms with Gasteiger partial charge in [0.1, 0.15) is 0 Å². The van der Waals surface area contributed by atoms with Crippen molar-refractivity contribution in [3.8, 4) is 0 Å². The summed E-state index contributed by atoms with van der Waals surface area (Å²) in [6.45, 7) is 6.25. The smallest absolute Gasteiger partial charge is 0.213 e. The van der Waals surface area contributed by atoms with E-state index in [9.17, 15) is 4.79 Å². The summed E-state index contributed by atoms with van der Waals surface area (Å²) < 4.78 is 5.00. The van der Waals surface area contributed by atoms with Crippen molar-refractivity contribution in [2.45, 2.75) is 0 Å². The third-order valence-electron chi connectivity index (χ3n) is 2.36. The number of carbonyl (C=O) groups excluding carboxylic acids is 1. The molecule has 0 amide bonds. The first-order valence-electron chi connectivity index (χ1n) is 4.65. The highest BCUT2D eigenvalue weighted by Crippen LogP contribution is 1.99. The van der Waals surface area contributed by atoms with E-state index in [-0.39, 0.29) is 0 Å². The Morgan fingerprint density at radius 3 is 2.38 bits per heavy atom. The van der Waals surface area contributed by atoms with Gasteiger partial charge in [0.15, 0.2) is 0 Å². The van der Waals surface area contributed by atoms with Crippen LogP contribution in [0.15, 0.2) is 0 Å². The lowest BCUT2D eigenvalue weighted by atomic mass is 10.3. The summed E-state index contributed by atoms with van der Waals surface area (Å²) >= 11 is 0. The quantitative estimate of drug-likeness (QED) is 0.570. The first-order chi connectivity index (χ1) is 6.36. The molecule has 0 spiro atoms. The lowest BCUT2D eigenvalue weighted by Crippen LogP contribution is -2.47. The summed E-state index contributed by atoms with van der Waals surface area (Å²) in [6.07, 6.45) is 1.93. The van der Waals surface area contributed by atoms with Gasteiger partial charge in [-0.3, -0.25) is 14.6 Å². The van der Waals surface area contributed by atoms with E-state index in [0.29, 0.717) is 6.54 Å². The van der Waals surface area contributed by atoms with E-state index in [0.717, 1.165) is 39.3 Å². The molecule has 1 aliphatic heterocycles. The van der Waals surface area contributed by atoms with Gasteiger partial charge in [0.2, 0.25) is 6.29 Å². The van der Waals surface area contributed by atoms with Crippen LogP contribution in [0, 0.1) is 0 Å². The van der Waals surface area contributed by atoms with Crippen molar-refractivity contribution in [3.05, 3.63) is 0 Å². The van der Waals surface area contributed by atoms with Crippen LogP contribution in [0.1, 0.15) is 0 Å². The van der Waals surface area contributed by atoms with Crippen LogP contribution < -0.4 is 0 Å². The standard InChI is InChI=1S/C9H17N2O2/c1-13-9-7-11-4-2-10(3-5-11)6-8-12/h2-7,9H2,1H3. The van der Waals surface area contributed by atoms with E-state index in [1.54, 1.807) is 7.11 Å². The van der Waals surface area contributed by atoms with Gasteiger partial charge in [0.25, 0.3) is 0 Å². The second-order valence-electron chi connectivity index (χ2n) is 3.25. The molecule has 1 rings (SSSR count). The van der Waals surface area contributed by atoms with Crippen molar-refractivity contribution in [2.24, 2.45) is 0 Å². The summed E-state index contributed by atoms with van der Waals surface area (Å²) in [6, 6.07) is 0. The fourth-order valence-corrected chi connectivity index (χ4v) is 1.48. The van der Waals surface area contributed by atoms with Gasteiger partial charge in [-0.2, -0.15) is 0 Å². The highest BCUT2D eigenvalue weighted by molar-refractivity contribution is 5.53. The van der Waals surface area contributed by atoms with E-state index in [2.05, 4.69) is 9.80 Å². The molecule has 0 unspecified atom stereocenters. The summed E-state index contributed by atoms with van der Waals surface area (Å²) in [5.74, 6) is 0. The highest BCUT2D eigenvalue weighted by atomic mass is 16.5. The molecule has 0 aromatic carbocycles. The van der Waals surface area contributed by atoms with Gasteiger partial charge in [-0.05, 0) is 0 Å². The Morgan fingerprint density at radius 1 is 1.23 bits per heavy atom. The number of methoxy groups -OCH3 is 1. The van der Waals surface area contributed by atoms with Gasteiger partial charge in [0.05, 0.1) is 13.2 Å².